The van der Waals surface area contributed by atoms with Crippen molar-refractivity contribution in [1.29, 1.82) is 0 Å². The van der Waals surface area contributed by atoms with Crippen LogP contribution in [0.3, 0.4) is 0 Å². The monoisotopic (exact) mass is 484 g/mol. The molecule has 6 nitrogen and oxygen atoms in total. The molecule has 0 saturated carbocycles. The first kappa shape index (κ1) is 25.2. The number of ether oxygens (including phenoxy) is 1. The Morgan fingerprint density at radius 2 is 1.72 bits per heavy atom. The molecule has 0 atom stereocenters. The Hall–Kier alpha value is -3.93. The van der Waals surface area contributed by atoms with Gasteiger partial charge in [0.05, 0.1) is 22.2 Å². The zero-order valence-corrected chi connectivity index (χ0v) is 21.2. The molecule has 36 heavy (non-hydrogen) atoms. The standard InChI is InChI=1S/C30H32N2O4/c1-5-6-11-27-31-25-17-16-22(28(33)34)18-26(25)32(27)19-20-12-14-21(15-13-20)23-9-7-8-10-24(23)29(35)36-30(2,3)4/h7-10,12-18H,5-6,11,19H2,1-4H3,(H,33,34). The largest absolute Gasteiger partial charge is 0.478 e. The molecular formula is C30H32N2O4. The van der Waals surface area contributed by atoms with E-state index in [0.717, 1.165) is 52.8 Å². The molecule has 4 rings (SSSR count). The van der Waals surface area contributed by atoms with E-state index in [1.165, 1.54) is 0 Å². The summed E-state index contributed by atoms with van der Waals surface area (Å²) in [5.41, 5.74) is 4.64. The first-order valence-corrected chi connectivity index (χ1v) is 12.3. The third kappa shape index (κ3) is 5.65. The SMILES string of the molecule is CCCCc1nc2ccc(C(=O)O)cc2n1Cc1ccc(-c2ccccc2C(=O)OC(C)(C)C)cc1. The zero-order valence-electron chi connectivity index (χ0n) is 21.2. The summed E-state index contributed by atoms with van der Waals surface area (Å²) in [7, 11) is 0. The number of benzene rings is 3. The van der Waals surface area contributed by atoms with Gasteiger partial charge in [0.1, 0.15) is 11.4 Å². The molecule has 0 aliphatic heterocycles. The Morgan fingerprint density at radius 1 is 1.00 bits per heavy atom. The summed E-state index contributed by atoms with van der Waals surface area (Å²) < 4.78 is 7.71. The summed E-state index contributed by atoms with van der Waals surface area (Å²) in [6.07, 6.45) is 2.89. The van der Waals surface area contributed by atoms with E-state index < -0.39 is 11.6 Å². The molecule has 0 saturated heterocycles. The van der Waals surface area contributed by atoms with Crippen LogP contribution >= 0.6 is 0 Å². The summed E-state index contributed by atoms with van der Waals surface area (Å²) in [5, 5.41) is 9.47. The van der Waals surface area contributed by atoms with E-state index in [4.69, 9.17) is 9.72 Å². The van der Waals surface area contributed by atoms with Crippen molar-refractivity contribution < 1.29 is 19.4 Å². The van der Waals surface area contributed by atoms with E-state index in [-0.39, 0.29) is 11.5 Å². The van der Waals surface area contributed by atoms with Crippen LogP contribution in [0.15, 0.2) is 66.7 Å². The number of rotatable bonds is 8. The van der Waals surface area contributed by atoms with Crippen LogP contribution in [0.4, 0.5) is 0 Å². The highest BCUT2D eigenvalue weighted by Crippen LogP contribution is 2.27. The average molecular weight is 485 g/mol. The molecule has 0 aliphatic carbocycles. The van der Waals surface area contributed by atoms with Crippen LogP contribution in [0.25, 0.3) is 22.2 Å². The third-order valence-corrected chi connectivity index (χ3v) is 5.98. The number of carboxylic acids is 1. The van der Waals surface area contributed by atoms with Crippen LogP contribution in [0, 0.1) is 0 Å². The van der Waals surface area contributed by atoms with Crippen molar-refractivity contribution in [1.82, 2.24) is 9.55 Å². The number of aromatic nitrogens is 2. The average Bonchev–Trinajstić information content (AvgIpc) is 3.18. The molecule has 0 spiro atoms. The van der Waals surface area contributed by atoms with Gasteiger partial charge in [0.15, 0.2) is 0 Å². The van der Waals surface area contributed by atoms with Gasteiger partial charge < -0.3 is 14.4 Å². The van der Waals surface area contributed by atoms with Crippen LogP contribution in [0.2, 0.25) is 0 Å². The van der Waals surface area contributed by atoms with Crippen molar-refractivity contribution in [2.24, 2.45) is 0 Å². The molecule has 1 N–H and O–H groups in total. The molecule has 3 aromatic carbocycles. The number of aryl methyl sites for hydroxylation is 1. The Labute approximate surface area is 211 Å². The lowest BCUT2D eigenvalue weighted by Gasteiger charge is -2.20. The van der Waals surface area contributed by atoms with Gasteiger partial charge in [0.2, 0.25) is 0 Å². The van der Waals surface area contributed by atoms with E-state index in [9.17, 15) is 14.7 Å². The molecular weight excluding hydrogens is 452 g/mol. The number of fused-ring (bicyclic) bond motifs is 1. The number of hydrogen-bond acceptors (Lipinski definition) is 4. The summed E-state index contributed by atoms with van der Waals surface area (Å²) in [4.78, 5) is 29.1. The van der Waals surface area contributed by atoms with Crippen molar-refractivity contribution in [2.45, 2.75) is 59.1 Å². The van der Waals surface area contributed by atoms with E-state index in [1.807, 2.05) is 63.2 Å². The van der Waals surface area contributed by atoms with Crippen LogP contribution in [0.1, 0.15) is 72.6 Å². The molecule has 0 radical (unpaired) electrons. The van der Waals surface area contributed by atoms with Gasteiger partial charge in [-0.3, -0.25) is 0 Å². The van der Waals surface area contributed by atoms with Crippen molar-refractivity contribution in [2.75, 3.05) is 0 Å². The molecule has 4 aromatic rings. The highest BCUT2D eigenvalue weighted by atomic mass is 16.6. The summed E-state index contributed by atoms with van der Waals surface area (Å²) in [5.74, 6) is -0.344. The highest BCUT2D eigenvalue weighted by Gasteiger charge is 2.21. The number of carbonyl (C=O) groups excluding carboxylic acids is 1. The lowest BCUT2D eigenvalue weighted by molar-refractivity contribution is 0.00702. The van der Waals surface area contributed by atoms with Gasteiger partial charge >= 0.3 is 11.9 Å². The summed E-state index contributed by atoms with van der Waals surface area (Å²) in [6, 6.07) is 20.6. The lowest BCUT2D eigenvalue weighted by atomic mass is 9.98. The second kappa shape index (κ2) is 10.4. The topological polar surface area (TPSA) is 81.4 Å². The van der Waals surface area contributed by atoms with Gasteiger partial charge in [-0.05, 0) is 68.1 Å². The molecule has 0 amide bonds. The van der Waals surface area contributed by atoms with Crippen LogP contribution in [-0.2, 0) is 17.7 Å². The predicted molar refractivity (Wildman–Crippen MR) is 141 cm³/mol. The second-order valence-electron chi connectivity index (χ2n) is 9.97. The molecule has 0 unspecified atom stereocenters. The Kier molecular flexibility index (Phi) is 7.25. The minimum Gasteiger partial charge on any atom is -0.478 e. The Bertz CT molecular complexity index is 1390. The molecule has 0 fully saturated rings. The van der Waals surface area contributed by atoms with Crippen molar-refractivity contribution in [3.63, 3.8) is 0 Å². The van der Waals surface area contributed by atoms with E-state index in [1.54, 1.807) is 24.3 Å². The number of imidazole rings is 1. The highest BCUT2D eigenvalue weighted by molar-refractivity contribution is 5.97. The van der Waals surface area contributed by atoms with Gasteiger partial charge in [0.25, 0.3) is 0 Å². The van der Waals surface area contributed by atoms with Crippen LogP contribution < -0.4 is 0 Å². The fourth-order valence-corrected chi connectivity index (χ4v) is 4.23. The normalized spacial score (nSPS) is 11.6. The Balaban J connectivity index is 1.66. The molecule has 0 bridgehead atoms. The number of esters is 1. The van der Waals surface area contributed by atoms with Crippen molar-refractivity contribution in [3.05, 3.63) is 89.2 Å². The first-order chi connectivity index (χ1) is 17.2. The van der Waals surface area contributed by atoms with Crippen molar-refractivity contribution in [3.8, 4) is 11.1 Å². The first-order valence-electron chi connectivity index (χ1n) is 12.3. The van der Waals surface area contributed by atoms with Crippen LogP contribution in [-0.4, -0.2) is 32.2 Å². The number of unbranched alkanes of at least 4 members (excludes halogenated alkanes) is 1. The van der Waals surface area contributed by atoms with Gasteiger partial charge in [-0.25, -0.2) is 14.6 Å². The van der Waals surface area contributed by atoms with E-state index in [0.29, 0.717) is 12.1 Å². The number of nitrogens with zero attached hydrogens (tertiary/aromatic N) is 2. The van der Waals surface area contributed by atoms with Gasteiger partial charge in [0, 0.05) is 13.0 Å². The van der Waals surface area contributed by atoms with Gasteiger partial charge in [-0.2, -0.15) is 0 Å². The molecule has 6 heteroatoms. The minimum absolute atomic E-state index is 0.250. The van der Waals surface area contributed by atoms with E-state index in [2.05, 4.69) is 11.5 Å². The fourth-order valence-electron chi connectivity index (χ4n) is 4.23. The maximum absolute atomic E-state index is 12.8. The predicted octanol–water partition coefficient (Wildman–Crippen LogP) is 6.75. The summed E-state index contributed by atoms with van der Waals surface area (Å²) >= 11 is 0. The number of carbonyl (C=O) groups is 2. The fraction of sp³-hybridized carbons (Fsp3) is 0.300. The Morgan fingerprint density at radius 3 is 2.39 bits per heavy atom. The summed E-state index contributed by atoms with van der Waals surface area (Å²) in [6.45, 7) is 8.29. The molecule has 1 aromatic heterocycles. The van der Waals surface area contributed by atoms with Crippen LogP contribution in [0.5, 0.6) is 0 Å². The number of aromatic carboxylic acids is 1. The van der Waals surface area contributed by atoms with Crippen molar-refractivity contribution >= 4 is 23.0 Å². The zero-order chi connectivity index (χ0) is 25.9. The molecule has 0 aliphatic rings. The number of carboxylic acid groups (broad SMARTS) is 1. The second-order valence-corrected chi connectivity index (χ2v) is 9.97. The smallest absolute Gasteiger partial charge is 0.339 e. The minimum atomic E-state index is -0.951. The quantitative estimate of drug-likeness (QED) is 0.280. The molecule has 186 valence electrons. The van der Waals surface area contributed by atoms with E-state index >= 15 is 0 Å². The van der Waals surface area contributed by atoms with Gasteiger partial charge in [-0.15, -0.1) is 0 Å². The number of hydrogen-bond donors (Lipinski definition) is 1. The lowest BCUT2D eigenvalue weighted by Crippen LogP contribution is -2.24. The molecule has 1 heterocycles. The van der Waals surface area contributed by atoms with Gasteiger partial charge in [-0.1, -0.05) is 55.8 Å². The maximum Gasteiger partial charge on any atom is 0.339 e. The third-order valence-electron chi connectivity index (χ3n) is 5.98. The maximum atomic E-state index is 12.8.